The first kappa shape index (κ1) is 23.9. The van der Waals surface area contributed by atoms with Crippen molar-refractivity contribution in [1.82, 2.24) is 15.0 Å². The summed E-state index contributed by atoms with van der Waals surface area (Å²) in [4.78, 5) is 14.8. The van der Waals surface area contributed by atoms with Gasteiger partial charge < -0.3 is 15.0 Å². The van der Waals surface area contributed by atoms with E-state index in [1.165, 1.54) is 6.07 Å². The van der Waals surface area contributed by atoms with Crippen molar-refractivity contribution in [3.63, 3.8) is 0 Å². The van der Waals surface area contributed by atoms with Gasteiger partial charge in [0, 0.05) is 25.3 Å². The van der Waals surface area contributed by atoms with Gasteiger partial charge in [0.25, 0.3) is 0 Å². The Labute approximate surface area is 204 Å². The predicted octanol–water partition coefficient (Wildman–Crippen LogP) is 4.61. The molecule has 2 aliphatic heterocycles. The zero-order valence-corrected chi connectivity index (χ0v) is 19.2. The Bertz CT molecular complexity index is 1240. The highest BCUT2D eigenvalue weighted by Crippen LogP contribution is 2.31. The van der Waals surface area contributed by atoms with Gasteiger partial charge in [0.15, 0.2) is 11.6 Å². The molecule has 0 aliphatic carbocycles. The number of benzene rings is 1. The fourth-order valence-electron chi connectivity index (χ4n) is 4.01. The molecule has 0 bridgehead atoms. The lowest BCUT2D eigenvalue weighted by molar-refractivity contribution is -0.137. The Balaban J connectivity index is 1.32. The highest BCUT2D eigenvalue weighted by atomic mass is 19.4. The smallest absolute Gasteiger partial charge is 0.378 e. The van der Waals surface area contributed by atoms with E-state index < -0.39 is 17.6 Å². The Hall–Kier alpha value is -3.80. The zero-order valence-electron chi connectivity index (χ0n) is 19.2. The second-order valence-electron chi connectivity index (χ2n) is 8.35. The number of halogens is 4. The monoisotopic (exact) mass is 501 g/mol. The molecule has 4 heterocycles. The molecule has 2 aromatic heterocycles. The lowest BCUT2D eigenvalue weighted by Gasteiger charge is -2.29. The van der Waals surface area contributed by atoms with Crippen LogP contribution in [0.25, 0.3) is 0 Å². The number of morpholine rings is 1. The van der Waals surface area contributed by atoms with Gasteiger partial charge in [0.2, 0.25) is 5.95 Å². The number of anilines is 4. The van der Waals surface area contributed by atoms with E-state index in [9.17, 15) is 17.6 Å². The molecule has 0 unspecified atom stereocenters. The van der Waals surface area contributed by atoms with Gasteiger partial charge >= 0.3 is 6.18 Å². The normalized spacial score (nSPS) is 16.6. The number of hydrazone groups is 1. The number of nitrogens with one attached hydrogen (secondary N) is 1. The van der Waals surface area contributed by atoms with Crippen molar-refractivity contribution in [1.29, 1.82) is 0 Å². The first-order valence-corrected chi connectivity index (χ1v) is 11.5. The Morgan fingerprint density at radius 3 is 2.53 bits per heavy atom. The molecule has 36 heavy (non-hydrogen) atoms. The highest BCUT2D eigenvalue weighted by Gasteiger charge is 2.30. The first-order chi connectivity index (χ1) is 17.4. The van der Waals surface area contributed by atoms with Gasteiger partial charge in [-0.3, -0.25) is 4.98 Å². The van der Waals surface area contributed by atoms with Gasteiger partial charge in [0.05, 0.1) is 48.3 Å². The molecule has 5 rings (SSSR count). The zero-order chi connectivity index (χ0) is 25.1. The van der Waals surface area contributed by atoms with Crippen molar-refractivity contribution in [2.24, 2.45) is 5.10 Å². The molecule has 1 saturated heterocycles. The summed E-state index contributed by atoms with van der Waals surface area (Å²) in [6.45, 7) is 2.69. The van der Waals surface area contributed by atoms with Crippen LogP contribution in [-0.4, -0.2) is 53.5 Å². The Morgan fingerprint density at radius 1 is 0.944 bits per heavy atom. The van der Waals surface area contributed by atoms with Gasteiger partial charge in [-0.2, -0.15) is 23.3 Å². The molecule has 0 spiro atoms. The van der Waals surface area contributed by atoms with E-state index >= 15 is 0 Å². The lowest BCUT2D eigenvalue weighted by Crippen LogP contribution is -2.38. The maximum atomic E-state index is 14.4. The van der Waals surface area contributed by atoms with Crippen LogP contribution in [0.4, 0.5) is 40.7 Å². The summed E-state index contributed by atoms with van der Waals surface area (Å²) in [5.41, 5.74) is 1.47. The minimum absolute atomic E-state index is 0.230. The lowest BCUT2D eigenvalue weighted by atomic mass is 10.1. The number of hydrogen-bond donors (Lipinski definition) is 1. The van der Waals surface area contributed by atoms with Gasteiger partial charge in [-0.15, -0.1) is 0 Å². The van der Waals surface area contributed by atoms with Crippen LogP contribution in [0, 0.1) is 5.82 Å². The SMILES string of the molecule is Fc1cnc(N2CCCC(c3ccc(Nc4cccc(C(F)(F)F)c4)cn3)=N2)nc1N1CCOCC1. The van der Waals surface area contributed by atoms with Crippen LogP contribution in [0.2, 0.25) is 0 Å². The minimum atomic E-state index is -4.41. The number of hydrogen-bond acceptors (Lipinski definition) is 8. The molecule has 0 atom stereocenters. The molecule has 0 amide bonds. The third-order valence-corrected chi connectivity index (χ3v) is 5.82. The van der Waals surface area contributed by atoms with Crippen molar-refractivity contribution < 1.29 is 22.3 Å². The summed E-state index contributed by atoms with van der Waals surface area (Å²) in [5, 5.41) is 9.22. The third-order valence-electron chi connectivity index (χ3n) is 5.82. The van der Waals surface area contributed by atoms with E-state index in [1.807, 2.05) is 4.90 Å². The molecule has 1 aromatic carbocycles. The Kier molecular flexibility index (Phi) is 6.68. The number of aromatic nitrogens is 3. The number of nitrogens with zero attached hydrogens (tertiary/aromatic N) is 6. The minimum Gasteiger partial charge on any atom is -0.378 e. The maximum Gasteiger partial charge on any atom is 0.416 e. The van der Waals surface area contributed by atoms with Gasteiger partial charge in [-0.25, -0.2) is 14.4 Å². The van der Waals surface area contributed by atoms with Gasteiger partial charge in [-0.1, -0.05) is 6.07 Å². The summed E-state index contributed by atoms with van der Waals surface area (Å²) < 4.78 is 58.6. The fraction of sp³-hybridized carbons (Fsp3) is 0.333. The van der Waals surface area contributed by atoms with E-state index in [4.69, 9.17) is 4.74 Å². The van der Waals surface area contributed by atoms with E-state index in [2.05, 4.69) is 25.4 Å². The molecule has 2 aliphatic rings. The third kappa shape index (κ3) is 5.38. The molecular weight excluding hydrogens is 478 g/mol. The van der Waals surface area contributed by atoms with Crippen molar-refractivity contribution in [2.75, 3.05) is 48.1 Å². The number of alkyl halides is 3. The van der Waals surface area contributed by atoms with Crippen molar-refractivity contribution in [3.8, 4) is 0 Å². The average molecular weight is 501 g/mol. The summed E-state index contributed by atoms with van der Waals surface area (Å²) in [7, 11) is 0. The molecule has 8 nitrogen and oxygen atoms in total. The molecule has 0 radical (unpaired) electrons. The molecule has 1 fully saturated rings. The van der Waals surface area contributed by atoms with Crippen molar-refractivity contribution >= 4 is 28.9 Å². The van der Waals surface area contributed by atoms with Gasteiger partial charge in [-0.05, 0) is 43.2 Å². The predicted molar refractivity (Wildman–Crippen MR) is 127 cm³/mol. The van der Waals surface area contributed by atoms with E-state index in [0.717, 1.165) is 24.8 Å². The van der Waals surface area contributed by atoms with Crippen molar-refractivity contribution in [3.05, 3.63) is 65.9 Å². The molecule has 12 heteroatoms. The molecular formula is C24H23F4N7O. The molecule has 1 N–H and O–H groups in total. The van der Waals surface area contributed by atoms with E-state index in [-0.39, 0.29) is 5.82 Å². The van der Waals surface area contributed by atoms with Crippen LogP contribution in [-0.2, 0) is 10.9 Å². The molecule has 188 valence electrons. The number of rotatable bonds is 5. The summed E-state index contributed by atoms with van der Waals surface area (Å²) >= 11 is 0. The summed E-state index contributed by atoms with van der Waals surface area (Å²) in [5.74, 6) is 0.0408. The second kappa shape index (κ2) is 10.1. The highest BCUT2D eigenvalue weighted by molar-refractivity contribution is 6.00. The summed E-state index contributed by atoms with van der Waals surface area (Å²) in [6.07, 6.45) is -0.257. The van der Waals surface area contributed by atoms with Crippen molar-refractivity contribution in [2.45, 2.75) is 19.0 Å². The summed E-state index contributed by atoms with van der Waals surface area (Å²) in [6, 6.07) is 8.46. The van der Waals surface area contributed by atoms with E-state index in [1.54, 1.807) is 29.4 Å². The maximum absolute atomic E-state index is 14.4. The van der Waals surface area contributed by atoms with Crippen LogP contribution in [0.5, 0.6) is 0 Å². The van der Waals surface area contributed by atoms with E-state index in [0.29, 0.717) is 68.0 Å². The largest absolute Gasteiger partial charge is 0.416 e. The van der Waals surface area contributed by atoms with Crippen LogP contribution >= 0.6 is 0 Å². The van der Waals surface area contributed by atoms with Crippen LogP contribution < -0.4 is 15.2 Å². The topological polar surface area (TPSA) is 78.8 Å². The fourth-order valence-corrected chi connectivity index (χ4v) is 4.01. The Morgan fingerprint density at radius 2 is 1.78 bits per heavy atom. The quantitative estimate of drug-likeness (QED) is 0.512. The van der Waals surface area contributed by atoms with Crippen LogP contribution in [0.1, 0.15) is 24.1 Å². The molecule has 0 saturated carbocycles. The average Bonchev–Trinajstić information content (AvgIpc) is 2.90. The number of ether oxygens (including phenoxy) is 1. The second-order valence-corrected chi connectivity index (χ2v) is 8.35. The number of pyridine rings is 1. The van der Waals surface area contributed by atoms with Gasteiger partial charge in [0.1, 0.15) is 0 Å². The van der Waals surface area contributed by atoms with Crippen LogP contribution in [0.3, 0.4) is 0 Å². The standard InChI is InChI=1S/C24H23F4N7O/c25-19-15-30-23(32-22(19)34-9-11-36-12-10-34)35-8-2-5-21(33-35)20-7-6-18(14-29-20)31-17-4-1-3-16(13-17)24(26,27)28/h1,3-4,6-7,13-15,31H,2,5,8-12H2. The first-order valence-electron chi connectivity index (χ1n) is 11.5. The van der Waals surface area contributed by atoms with Crippen LogP contribution in [0.15, 0.2) is 53.9 Å². The molecule has 3 aromatic rings.